The molecule has 0 unspecified atom stereocenters. The van der Waals surface area contributed by atoms with Gasteiger partial charge in [0, 0.05) is 18.7 Å². The molecule has 1 aliphatic heterocycles. The SMILES string of the molecule is Cc1noc2nc(-c3ccccc3)cc(C(=O)N3CCCC3)c12. The summed E-state index contributed by atoms with van der Waals surface area (Å²) in [6.07, 6.45) is 2.13. The first kappa shape index (κ1) is 13.9. The fraction of sp³-hybridized carbons (Fsp3) is 0.278. The molecule has 23 heavy (non-hydrogen) atoms. The molecule has 4 rings (SSSR count). The van der Waals surface area contributed by atoms with Gasteiger partial charge in [0.05, 0.1) is 22.3 Å². The lowest BCUT2D eigenvalue weighted by molar-refractivity contribution is 0.0794. The average Bonchev–Trinajstić information content (AvgIpc) is 3.25. The Morgan fingerprint density at radius 1 is 1.17 bits per heavy atom. The highest BCUT2D eigenvalue weighted by molar-refractivity contribution is 6.07. The highest BCUT2D eigenvalue weighted by atomic mass is 16.5. The van der Waals surface area contributed by atoms with Crippen molar-refractivity contribution in [3.05, 3.63) is 47.7 Å². The highest BCUT2D eigenvalue weighted by Crippen LogP contribution is 2.28. The molecule has 0 spiro atoms. The molecule has 5 nitrogen and oxygen atoms in total. The molecule has 1 amide bonds. The van der Waals surface area contributed by atoms with Gasteiger partial charge < -0.3 is 9.42 Å². The molecule has 1 aliphatic rings. The summed E-state index contributed by atoms with van der Waals surface area (Å²) in [4.78, 5) is 19.4. The van der Waals surface area contributed by atoms with Gasteiger partial charge in [0.1, 0.15) is 0 Å². The van der Waals surface area contributed by atoms with Crippen molar-refractivity contribution < 1.29 is 9.32 Å². The Bertz CT molecular complexity index is 865. The Morgan fingerprint density at radius 3 is 2.65 bits per heavy atom. The largest absolute Gasteiger partial charge is 0.339 e. The molecule has 1 aromatic carbocycles. The van der Waals surface area contributed by atoms with Gasteiger partial charge in [0.2, 0.25) is 0 Å². The van der Waals surface area contributed by atoms with Crippen molar-refractivity contribution in [2.45, 2.75) is 19.8 Å². The minimum absolute atomic E-state index is 0.0402. The summed E-state index contributed by atoms with van der Waals surface area (Å²) in [5, 5.41) is 4.72. The molecule has 0 N–H and O–H groups in total. The van der Waals surface area contributed by atoms with E-state index in [2.05, 4.69) is 10.1 Å². The lowest BCUT2D eigenvalue weighted by Gasteiger charge is -2.16. The number of benzene rings is 1. The van der Waals surface area contributed by atoms with Crippen LogP contribution in [0.4, 0.5) is 0 Å². The molecule has 1 fully saturated rings. The maximum absolute atomic E-state index is 12.9. The van der Waals surface area contributed by atoms with Crippen molar-refractivity contribution in [3.8, 4) is 11.3 Å². The van der Waals surface area contributed by atoms with E-state index >= 15 is 0 Å². The van der Waals surface area contributed by atoms with Crippen molar-refractivity contribution in [1.29, 1.82) is 0 Å². The highest BCUT2D eigenvalue weighted by Gasteiger charge is 2.25. The molecule has 0 aliphatic carbocycles. The van der Waals surface area contributed by atoms with E-state index in [4.69, 9.17) is 4.52 Å². The summed E-state index contributed by atoms with van der Waals surface area (Å²) >= 11 is 0. The smallest absolute Gasteiger partial charge is 0.259 e. The second-order valence-corrected chi connectivity index (χ2v) is 5.87. The number of nitrogens with zero attached hydrogens (tertiary/aromatic N) is 3. The minimum atomic E-state index is 0.0402. The lowest BCUT2D eigenvalue weighted by Crippen LogP contribution is -2.27. The van der Waals surface area contributed by atoms with E-state index in [0.717, 1.165) is 42.6 Å². The number of likely N-dealkylation sites (tertiary alicyclic amines) is 1. The third-order valence-electron chi connectivity index (χ3n) is 4.31. The minimum Gasteiger partial charge on any atom is -0.339 e. The van der Waals surface area contributed by atoms with Crippen LogP contribution in [0, 0.1) is 6.92 Å². The quantitative estimate of drug-likeness (QED) is 0.727. The molecule has 0 bridgehead atoms. The predicted molar refractivity (Wildman–Crippen MR) is 87.1 cm³/mol. The van der Waals surface area contributed by atoms with Gasteiger partial charge in [-0.05, 0) is 25.8 Å². The van der Waals surface area contributed by atoms with Crippen LogP contribution >= 0.6 is 0 Å². The van der Waals surface area contributed by atoms with E-state index in [0.29, 0.717) is 17.0 Å². The van der Waals surface area contributed by atoms with Crippen LogP contribution in [-0.2, 0) is 0 Å². The van der Waals surface area contributed by atoms with Crippen LogP contribution in [0.2, 0.25) is 0 Å². The maximum atomic E-state index is 12.9. The number of hydrogen-bond acceptors (Lipinski definition) is 4. The zero-order valence-electron chi connectivity index (χ0n) is 13.0. The van der Waals surface area contributed by atoms with Crippen LogP contribution in [0.25, 0.3) is 22.4 Å². The van der Waals surface area contributed by atoms with Gasteiger partial charge in [0.15, 0.2) is 0 Å². The van der Waals surface area contributed by atoms with E-state index in [-0.39, 0.29) is 5.91 Å². The fourth-order valence-electron chi connectivity index (χ4n) is 3.11. The summed E-state index contributed by atoms with van der Waals surface area (Å²) in [6.45, 7) is 3.47. The Balaban J connectivity index is 1.90. The number of amides is 1. The Morgan fingerprint density at radius 2 is 1.91 bits per heavy atom. The first-order valence-corrected chi connectivity index (χ1v) is 7.86. The van der Waals surface area contributed by atoms with Crippen LogP contribution in [0.1, 0.15) is 28.9 Å². The van der Waals surface area contributed by atoms with Gasteiger partial charge >= 0.3 is 0 Å². The topological polar surface area (TPSA) is 59.2 Å². The zero-order valence-corrected chi connectivity index (χ0v) is 13.0. The third-order valence-corrected chi connectivity index (χ3v) is 4.31. The molecular weight excluding hydrogens is 290 g/mol. The van der Waals surface area contributed by atoms with Gasteiger partial charge in [-0.3, -0.25) is 4.79 Å². The molecule has 0 saturated carbocycles. The van der Waals surface area contributed by atoms with E-state index in [1.807, 2.05) is 48.2 Å². The molecule has 0 radical (unpaired) electrons. The maximum Gasteiger partial charge on any atom is 0.259 e. The number of aromatic nitrogens is 2. The van der Waals surface area contributed by atoms with Crippen LogP contribution in [-0.4, -0.2) is 34.0 Å². The van der Waals surface area contributed by atoms with E-state index in [9.17, 15) is 4.79 Å². The Hall–Kier alpha value is -2.69. The van der Waals surface area contributed by atoms with Crippen LogP contribution < -0.4 is 0 Å². The molecule has 0 atom stereocenters. The molecule has 2 aromatic heterocycles. The summed E-state index contributed by atoms with van der Waals surface area (Å²) in [6, 6.07) is 11.7. The van der Waals surface area contributed by atoms with E-state index in [1.165, 1.54) is 0 Å². The molecule has 1 saturated heterocycles. The summed E-state index contributed by atoms with van der Waals surface area (Å²) in [7, 11) is 0. The summed E-state index contributed by atoms with van der Waals surface area (Å²) in [5.41, 5.74) is 3.45. The molecule has 3 aromatic rings. The number of fused-ring (bicyclic) bond motifs is 1. The van der Waals surface area contributed by atoms with E-state index < -0.39 is 0 Å². The van der Waals surface area contributed by atoms with Crippen LogP contribution in [0.5, 0.6) is 0 Å². The van der Waals surface area contributed by atoms with Crippen molar-refractivity contribution in [3.63, 3.8) is 0 Å². The molecule has 3 heterocycles. The second kappa shape index (κ2) is 5.50. The Kier molecular flexibility index (Phi) is 3.33. The number of rotatable bonds is 2. The van der Waals surface area contributed by atoms with Crippen molar-refractivity contribution in [2.75, 3.05) is 13.1 Å². The first-order valence-electron chi connectivity index (χ1n) is 7.86. The van der Waals surface area contributed by atoms with Gasteiger partial charge in [-0.1, -0.05) is 35.5 Å². The van der Waals surface area contributed by atoms with Gasteiger partial charge in [-0.25, -0.2) is 4.98 Å². The molecule has 5 heteroatoms. The van der Waals surface area contributed by atoms with Gasteiger partial charge in [0.25, 0.3) is 11.6 Å². The van der Waals surface area contributed by atoms with Crippen molar-refractivity contribution >= 4 is 17.0 Å². The third kappa shape index (κ3) is 2.38. The lowest BCUT2D eigenvalue weighted by atomic mass is 10.0. The number of carbonyl (C=O) groups excluding carboxylic acids is 1. The zero-order chi connectivity index (χ0) is 15.8. The first-order chi connectivity index (χ1) is 11.2. The van der Waals surface area contributed by atoms with Gasteiger partial charge in [-0.2, -0.15) is 0 Å². The Labute approximate surface area is 133 Å². The fourth-order valence-corrected chi connectivity index (χ4v) is 3.11. The number of carbonyl (C=O) groups is 1. The van der Waals surface area contributed by atoms with Crippen LogP contribution in [0.3, 0.4) is 0 Å². The summed E-state index contributed by atoms with van der Waals surface area (Å²) in [5.74, 6) is 0.0402. The van der Waals surface area contributed by atoms with Crippen molar-refractivity contribution in [1.82, 2.24) is 15.0 Å². The standard InChI is InChI=1S/C18H17N3O2/c1-12-16-14(18(22)21-9-5-6-10-21)11-15(19-17(16)23-20-12)13-7-3-2-4-8-13/h2-4,7-8,11H,5-6,9-10H2,1H3. The van der Waals surface area contributed by atoms with E-state index in [1.54, 1.807) is 0 Å². The van der Waals surface area contributed by atoms with Gasteiger partial charge in [-0.15, -0.1) is 0 Å². The number of pyridine rings is 1. The molecular formula is C18H17N3O2. The summed E-state index contributed by atoms with van der Waals surface area (Å²) < 4.78 is 5.33. The number of hydrogen-bond donors (Lipinski definition) is 0. The number of aryl methyl sites for hydroxylation is 1. The van der Waals surface area contributed by atoms with Crippen LogP contribution in [0.15, 0.2) is 40.9 Å². The average molecular weight is 307 g/mol. The second-order valence-electron chi connectivity index (χ2n) is 5.87. The normalized spacial score (nSPS) is 14.6. The van der Waals surface area contributed by atoms with Crippen molar-refractivity contribution in [2.24, 2.45) is 0 Å². The molecule has 116 valence electrons. The monoisotopic (exact) mass is 307 g/mol. The predicted octanol–water partition coefficient (Wildman–Crippen LogP) is 3.43.